The Morgan fingerprint density at radius 3 is 2.39 bits per heavy atom. The van der Waals surface area contributed by atoms with E-state index in [-0.39, 0.29) is 29.7 Å². The van der Waals surface area contributed by atoms with E-state index in [9.17, 15) is 19.7 Å². The third-order valence-corrected chi connectivity index (χ3v) is 7.21. The van der Waals surface area contributed by atoms with Crippen LogP contribution in [0.25, 0.3) is 5.69 Å². The first-order valence-corrected chi connectivity index (χ1v) is 13.1. The van der Waals surface area contributed by atoms with Crippen molar-refractivity contribution in [2.45, 2.75) is 25.9 Å². The van der Waals surface area contributed by atoms with Crippen molar-refractivity contribution in [3.8, 4) is 17.2 Å². The van der Waals surface area contributed by atoms with E-state index < -0.39 is 16.9 Å². The standard InChI is InChI=1S/C31H30N4O6/c1-20(2)33(31(37)21-9-7-10-22(17-21)35(38)39)19-29(36)34-26-12-6-5-11-25(26)32-16-8-13-27(32)30(34)24-18-23(40-3)14-15-28(24)41-4/h5-18,20,30H,19H2,1-4H3. The molecule has 0 N–H and O–H groups in total. The normalized spacial score (nSPS) is 13.8. The number of benzene rings is 3. The number of ether oxygens (including phenoxy) is 2. The Morgan fingerprint density at radius 1 is 0.951 bits per heavy atom. The van der Waals surface area contributed by atoms with E-state index in [1.54, 1.807) is 45.1 Å². The van der Waals surface area contributed by atoms with Gasteiger partial charge in [-0.15, -0.1) is 0 Å². The maximum absolute atomic E-state index is 14.4. The largest absolute Gasteiger partial charge is 0.497 e. The number of para-hydroxylation sites is 2. The third kappa shape index (κ3) is 5.00. The monoisotopic (exact) mass is 554 g/mol. The first-order valence-electron chi connectivity index (χ1n) is 13.1. The molecule has 10 heteroatoms. The number of aromatic nitrogens is 1. The molecule has 4 aromatic rings. The smallest absolute Gasteiger partial charge is 0.270 e. The van der Waals surface area contributed by atoms with Crippen LogP contribution in [-0.2, 0) is 4.79 Å². The van der Waals surface area contributed by atoms with E-state index in [1.165, 1.54) is 29.2 Å². The number of nitrogens with zero attached hydrogens (tertiary/aromatic N) is 4. The molecule has 1 aliphatic rings. The summed E-state index contributed by atoms with van der Waals surface area (Å²) >= 11 is 0. The second-order valence-electron chi connectivity index (χ2n) is 9.90. The number of nitro benzene ring substituents is 1. The third-order valence-electron chi connectivity index (χ3n) is 7.21. The van der Waals surface area contributed by atoms with Gasteiger partial charge in [0.1, 0.15) is 24.1 Å². The second-order valence-corrected chi connectivity index (χ2v) is 9.90. The van der Waals surface area contributed by atoms with Crippen molar-refractivity contribution < 1.29 is 24.0 Å². The van der Waals surface area contributed by atoms with Crippen LogP contribution in [-0.4, -0.2) is 53.0 Å². The van der Waals surface area contributed by atoms with Crippen molar-refractivity contribution in [1.29, 1.82) is 0 Å². The molecule has 1 unspecified atom stereocenters. The summed E-state index contributed by atoms with van der Waals surface area (Å²) in [5.74, 6) is 0.387. The number of hydrogen-bond donors (Lipinski definition) is 0. The molecule has 0 aliphatic carbocycles. The number of fused-ring (bicyclic) bond motifs is 3. The predicted molar refractivity (Wildman–Crippen MR) is 154 cm³/mol. The highest BCUT2D eigenvalue weighted by molar-refractivity contribution is 6.03. The Morgan fingerprint density at radius 2 is 1.71 bits per heavy atom. The fourth-order valence-electron chi connectivity index (χ4n) is 5.24. The van der Waals surface area contributed by atoms with Crippen molar-refractivity contribution in [3.63, 3.8) is 0 Å². The number of nitro groups is 1. The molecule has 2 amide bonds. The Bertz CT molecular complexity index is 1630. The van der Waals surface area contributed by atoms with Crippen LogP contribution in [0.15, 0.2) is 85.1 Å². The number of methoxy groups -OCH3 is 2. The summed E-state index contributed by atoms with van der Waals surface area (Å²) in [5, 5.41) is 11.3. The number of rotatable bonds is 8. The molecule has 0 bridgehead atoms. The fourth-order valence-corrected chi connectivity index (χ4v) is 5.24. The fraction of sp³-hybridized carbons (Fsp3) is 0.226. The van der Waals surface area contributed by atoms with Gasteiger partial charge >= 0.3 is 0 Å². The van der Waals surface area contributed by atoms with Gasteiger partial charge in [-0.25, -0.2) is 0 Å². The number of carbonyl (C=O) groups is 2. The Kier molecular flexibility index (Phi) is 7.47. The zero-order valence-corrected chi connectivity index (χ0v) is 23.2. The summed E-state index contributed by atoms with van der Waals surface area (Å²) in [6, 6.07) is 21.5. The Balaban J connectivity index is 1.61. The molecule has 10 nitrogen and oxygen atoms in total. The minimum Gasteiger partial charge on any atom is -0.497 e. The van der Waals surface area contributed by atoms with Gasteiger partial charge in [0.2, 0.25) is 5.91 Å². The molecule has 0 saturated carbocycles. The molecule has 5 rings (SSSR count). The number of anilines is 1. The Labute approximate surface area is 237 Å². The highest BCUT2D eigenvalue weighted by Gasteiger charge is 2.39. The molecule has 0 fully saturated rings. The van der Waals surface area contributed by atoms with E-state index in [0.717, 1.165) is 16.9 Å². The van der Waals surface area contributed by atoms with Crippen LogP contribution >= 0.6 is 0 Å². The maximum atomic E-state index is 14.4. The average molecular weight is 555 g/mol. The van der Waals surface area contributed by atoms with Crippen LogP contribution in [0.5, 0.6) is 11.5 Å². The van der Waals surface area contributed by atoms with Crippen LogP contribution in [0.4, 0.5) is 11.4 Å². The SMILES string of the molecule is COc1ccc(OC)c(C2c3cccn3-c3ccccc3N2C(=O)CN(C(=O)c2cccc([N+](=O)[O-])c2)C(C)C)c1. The molecule has 1 atom stereocenters. The molecule has 0 spiro atoms. The number of non-ortho nitro benzene ring substituents is 1. The van der Waals surface area contributed by atoms with Gasteiger partial charge in [0.05, 0.1) is 36.2 Å². The summed E-state index contributed by atoms with van der Waals surface area (Å²) in [5.41, 5.74) is 2.99. The molecular weight excluding hydrogens is 524 g/mol. The van der Waals surface area contributed by atoms with Crippen LogP contribution in [0, 0.1) is 10.1 Å². The predicted octanol–water partition coefficient (Wildman–Crippen LogP) is 5.39. The van der Waals surface area contributed by atoms with Gasteiger partial charge in [-0.3, -0.25) is 24.6 Å². The highest BCUT2D eigenvalue weighted by Crippen LogP contribution is 2.45. The number of hydrogen-bond acceptors (Lipinski definition) is 6. The number of carbonyl (C=O) groups excluding carboxylic acids is 2. The van der Waals surface area contributed by atoms with Crippen molar-refractivity contribution in [2.24, 2.45) is 0 Å². The van der Waals surface area contributed by atoms with E-state index in [4.69, 9.17) is 9.47 Å². The van der Waals surface area contributed by atoms with Crippen molar-refractivity contribution in [1.82, 2.24) is 9.47 Å². The van der Waals surface area contributed by atoms with E-state index >= 15 is 0 Å². The molecule has 1 aliphatic heterocycles. The quantitative estimate of drug-likeness (QED) is 0.214. The molecule has 0 radical (unpaired) electrons. The first-order chi connectivity index (χ1) is 19.7. The molecule has 0 saturated heterocycles. The zero-order chi connectivity index (χ0) is 29.3. The Hall–Kier alpha value is -5.12. The lowest BCUT2D eigenvalue weighted by Gasteiger charge is -2.40. The van der Waals surface area contributed by atoms with Gasteiger partial charge in [-0.2, -0.15) is 0 Å². The topological polar surface area (TPSA) is 107 Å². The molecule has 1 aromatic heterocycles. The van der Waals surface area contributed by atoms with Crippen molar-refractivity contribution >= 4 is 23.2 Å². The van der Waals surface area contributed by atoms with Crippen molar-refractivity contribution in [2.75, 3.05) is 25.7 Å². The molecule has 2 heterocycles. The summed E-state index contributed by atoms with van der Waals surface area (Å²) in [4.78, 5) is 41.9. The summed E-state index contributed by atoms with van der Waals surface area (Å²) in [7, 11) is 3.15. The van der Waals surface area contributed by atoms with Gasteiger partial charge < -0.3 is 18.9 Å². The zero-order valence-electron chi connectivity index (χ0n) is 23.2. The van der Waals surface area contributed by atoms with Gasteiger partial charge in [0, 0.05) is 35.5 Å². The van der Waals surface area contributed by atoms with Gasteiger partial charge in [-0.1, -0.05) is 18.2 Å². The van der Waals surface area contributed by atoms with Crippen LogP contribution in [0.3, 0.4) is 0 Å². The minimum atomic E-state index is -0.598. The minimum absolute atomic E-state index is 0.139. The highest BCUT2D eigenvalue weighted by atomic mass is 16.6. The molecule has 41 heavy (non-hydrogen) atoms. The van der Waals surface area contributed by atoms with Crippen LogP contribution < -0.4 is 14.4 Å². The van der Waals surface area contributed by atoms with Crippen molar-refractivity contribution in [3.05, 3.63) is 112 Å². The summed E-state index contributed by atoms with van der Waals surface area (Å²) in [6.45, 7) is 3.36. The van der Waals surface area contributed by atoms with E-state index in [2.05, 4.69) is 0 Å². The molecular formula is C31H30N4O6. The van der Waals surface area contributed by atoms with Crippen LogP contribution in [0.1, 0.15) is 41.5 Å². The average Bonchev–Trinajstić information content (AvgIpc) is 3.48. The van der Waals surface area contributed by atoms with E-state index in [1.807, 2.05) is 53.2 Å². The lowest BCUT2D eigenvalue weighted by molar-refractivity contribution is -0.384. The van der Waals surface area contributed by atoms with Gasteiger partial charge in [0.15, 0.2) is 0 Å². The number of amides is 2. The first kappa shape index (κ1) is 27.4. The van der Waals surface area contributed by atoms with E-state index in [0.29, 0.717) is 17.2 Å². The molecule has 3 aromatic carbocycles. The lowest BCUT2D eigenvalue weighted by Crippen LogP contribution is -2.48. The maximum Gasteiger partial charge on any atom is 0.270 e. The lowest BCUT2D eigenvalue weighted by atomic mass is 9.96. The summed E-state index contributed by atoms with van der Waals surface area (Å²) in [6.07, 6.45) is 1.95. The summed E-state index contributed by atoms with van der Waals surface area (Å²) < 4.78 is 13.3. The van der Waals surface area contributed by atoms with Gasteiger partial charge in [-0.05, 0) is 62.4 Å². The molecule has 210 valence electrons. The van der Waals surface area contributed by atoms with Gasteiger partial charge in [0.25, 0.3) is 11.6 Å². The second kappa shape index (κ2) is 11.2. The van der Waals surface area contributed by atoms with Crippen LogP contribution in [0.2, 0.25) is 0 Å².